The van der Waals surface area contributed by atoms with Crippen molar-refractivity contribution in [3.63, 3.8) is 0 Å². The summed E-state index contributed by atoms with van der Waals surface area (Å²) in [4.78, 5) is 49.1. The first-order valence-corrected chi connectivity index (χ1v) is 22.6. The quantitative estimate of drug-likeness (QED) is 0.0760. The van der Waals surface area contributed by atoms with E-state index in [1.165, 1.54) is 0 Å². The van der Waals surface area contributed by atoms with Crippen LogP contribution in [0.3, 0.4) is 0 Å². The molecule has 0 atom stereocenters. The maximum atomic E-state index is 12.6. The molecule has 18 heteroatoms. The molecule has 2 heterocycles. The van der Waals surface area contributed by atoms with Crippen LogP contribution >= 0.6 is 0 Å². The van der Waals surface area contributed by atoms with Crippen molar-refractivity contribution in [2.24, 2.45) is 22.3 Å². The molecule has 0 bridgehead atoms. The van der Waals surface area contributed by atoms with Crippen molar-refractivity contribution in [2.75, 3.05) is 10.6 Å². The number of nitrogens with two attached hydrogens (primary N) is 2. The Kier molecular flexibility index (Phi) is 16.9. The molecule has 0 unspecified atom stereocenters. The molecule has 2 aromatic heterocycles. The first-order valence-electron chi connectivity index (χ1n) is 21.2. The van der Waals surface area contributed by atoms with E-state index in [2.05, 4.69) is 54.6 Å². The number of nitrogens with zero attached hydrogens (tertiary/aromatic N) is 2. The standard InChI is InChI=1S/C23H28N3O6S.C23H28N3O3.2Y/c1-23(2)12-20-18(21(27)13-23)9-10-26(20)15-5-8-17(22(24)28)19(11-15)25-14-3-6-16(7-4-14)32-33(29,30)31;1-23(2)12-20-18(21(28)13-23)9-10-26(20)15-5-8-17(22(24)29)19(11-15)25-14-3-6-16(27)7-4-14;;/h5,8,10-11,14,16,25H,3-4,6-7,12-13H2,1-2H3,(H2,24,28)(H,29,30,31);5,8,10-11,14,16,25,27H,3-4,6-7,12-13H2,1-2H3,(H2,24,29);;/q2*-1;;. The minimum atomic E-state index is -4.48. The first kappa shape index (κ1) is 51.9. The van der Waals surface area contributed by atoms with Crippen LogP contribution in [0.5, 0.6) is 0 Å². The van der Waals surface area contributed by atoms with Gasteiger partial charge in [0.05, 0.1) is 34.9 Å². The third-order valence-corrected chi connectivity index (χ3v) is 12.9. The van der Waals surface area contributed by atoms with Crippen LogP contribution < -0.4 is 22.1 Å². The number of carbonyl (C=O) groups excluding carboxylic acids is 4. The van der Waals surface area contributed by atoms with Crippen LogP contribution in [0.15, 0.2) is 48.8 Å². The van der Waals surface area contributed by atoms with Crippen molar-refractivity contribution in [1.29, 1.82) is 0 Å². The van der Waals surface area contributed by atoms with Crippen LogP contribution in [0.2, 0.25) is 0 Å². The molecule has 4 aromatic rings. The molecule has 4 aliphatic rings. The average molecular weight is 1050 g/mol. The molecule has 15 nitrogen and oxygen atoms in total. The summed E-state index contributed by atoms with van der Waals surface area (Å²) in [5.41, 5.74) is 17.8. The fourth-order valence-corrected chi connectivity index (χ4v) is 9.89. The Morgan fingerprint density at radius 2 is 1.08 bits per heavy atom. The van der Waals surface area contributed by atoms with E-state index in [4.69, 9.17) is 16.0 Å². The number of hydrogen-bond donors (Lipinski definition) is 6. The Hall–Kier alpha value is -3.08. The van der Waals surface area contributed by atoms with Gasteiger partial charge < -0.3 is 45.9 Å². The summed E-state index contributed by atoms with van der Waals surface area (Å²) in [6, 6.07) is 17.2. The van der Waals surface area contributed by atoms with Crippen LogP contribution in [-0.4, -0.2) is 74.9 Å². The third kappa shape index (κ3) is 12.5. The maximum Gasteiger partial charge on any atom is 0.397 e. The molecule has 4 aliphatic carbocycles. The SMILES string of the molecule is CC1(C)CC(=O)c2[c-]cn(-c3ccc(C(N)=O)c(NC4CCC(O)CC4)c3)c2C1.CC1(C)CC(=O)c2[c-]cn(-c3ccc(C(N)=O)c(NC4CCC(OS(=O)(=O)O)CC4)c3)c2C1.[Y].[Y]. The average Bonchev–Trinajstić information content (AvgIpc) is 3.80. The van der Waals surface area contributed by atoms with Crippen LogP contribution in [0.1, 0.15) is 145 Å². The molecule has 338 valence electrons. The molecule has 0 spiro atoms. The number of nitrogens with one attached hydrogen (secondary N) is 2. The summed E-state index contributed by atoms with van der Waals surface area (Å²) in [6.45, 7) is 8.34. The monoisotopic (exact) mass is 1050 g/mol. The number of hydrogen-bond acceptors (Lipinski definition) is 10. The largest absolute Gasteiger partial charge is 0.397 e. The topological polar surface area (TPSA) is 238 Å². The number of aliphatic hydroxyl groups is 1. The normalized spacial score (nSPS) is 22.3. The second kappa shape index (κ2) is 20.8. The van der Waals surface area contributed by atoms with Gasteiger partial charge in [0.2, 0.25) is 0 Å². The first-order chi connectivity index (χ1) is 29.1. The number of fused-ring (bicyclic) bond motifs is 2. The van der Waals surface area contributed by atoms with Crippen LogP contribution in [0, 0.1) is 23.0 Å². The number of ketones is 2. The number of rotatable bonds is 10. The van der Waals surface area contributed by atoms with Gasteiger partial charge in [-0.3, -0.25) is 14.1 Å². The molecule has 8 N–H and O–H groups in total. The van der Waals surface area contributed by atoms with Crippen molar-refractivity contribution in [1.82, 2.24) is 9.13 Å². The molecule has 8 rings (SSSR count). The third-order valence-electron chi connectivity index (χ3n) is 12.4. The van der Waals surface area contributed by atoms with Gasteiger partial charge in [-0.2, -0.15) is 20.6 Å². The molecule has 64 heavy (non-hydrogen) atoms. The van der Waals surface area contributed by atoms with E-state index in [0.29, 0.717) is 72.2 Å². The molecular weight excluding hydrogens is 990 g/mol. The van der Waals surface area contributed by atoms with Gasteiger partial charge in [-0.25, -0.2) is 4.18 Å². The Morgan fingerprint density at radius 3 is 1.45 bits per heavy atom. The van der Waals surface area contributed by atoms with Gasteiger partial charge in [0.25, 0.3) is 11.8 Å². The van der Waals surface area contributed by atoms with Crippen molar-refractivity contribution >= 4 is 45.2 Å². The number of aromatic nitrogens is 2. The minimum Gasteiger partial charge on any atom is -0.393 e. The van der Waals surface area contributed by atoms with Crippen LogP contribution in [0.25, 0.3) is 11.4 Å². The number of carbonyl (C=O) groups is 4. The number of benzene rings is 2. The van der Waals surface area contributed by atoms with Crippen molar-refractivity contribution < 1.29 is 107 Å². The zero-order valence-corrected chi connectivity index (χ0v) is 43.3. The fourth-order valence-electron chi connectivity index (χ4n) is 9.36. The maximum absolute atomic E-state index is 12.6. The molecule has 2 radical (unpaired) electrons. The summed E-state index contributed by atoms with van der Waals surface area (Å²) in [5, 5.41) is 16.6. The number of aliphatic hydroxyl groups excluding tert-OH is 1. The van der Waals surface area contributed by atoms with E-state index in [1.54, 1.807) is 24.4 Å². The van der Waals surface area contributed by atoms with Gasteiger partial charge in [-0.15, -0.1) is 11.1 Å². The summed E-state index contributed by atoms with van der Waals surface area (Å²) in [5.74, 6) is -0.837. The molecular formula is C46H56N6O9SY2-2. The van der Waals surface area contributed by atoms with E-state index in [-0.39, 0.29) is 106 Å². The Labute approximate surface area is 425 Å². The second-order valence-corrected chi connectivity index (χ2v) is 19.8. The van der Waals surface area contributed by atoms with E-state index >= 15 is 0 Å². The minimum absolute atomic E-state index is 0. The van der Waals surface area contributed by atoms with E-state index in [1.807, 2.05) is 33.5 Å². The number of amides is 2. The fraction of sp³-hybridized carbons (Fsp3) is 0.478. The van der Waals surface area contributed by atoms with Gasteiger partial charge in [0.1, 0.15) is 0 Å². The summed E-state index contributed by atoms with van der Waals surface area (Å²) < 4.78 is 39.4. The Morgan fingerprint density at radius 1 is 0.688 bits per heavy atom. The Balaban J connectivity index is 0.000000235. The van der Waals surface area contributed by atoms with E-state index in [0.717, 1.165) is 61.3 Å². The van der Waals surface area contributed by atoms with Crippen molar-refractivity contribution in [3.05, 3.63) is 94.6 Å². The van der Waals surface area contributed by atoms with E-state index < -0.39 is 28.3 Å². The molecule has 2 fully saturated rings. The van der Waals surface area contributed by atoms with Gasteiger partial charge >= 0.3 is 10.4 Å². The number of primary amides is 2. The summed E-state index contributed by atoms with van der Waals surface area (Å²) in [6.07, 6.45) is 10.6. The number of Topliss-reactive ketones (excluding diaryl/α,β-unsaturated/α-hetero) is 2. The van der Waals surface area contributed by atoms with Crippen LogP contribution in [-0.2, 0) is 92.8 Å². The van der Waals surface area contributed by atoms with Gasteiger partial charge in [0, 0.05) is 100 Å². The van der Waals surface area contributed by atoms with Gasteiger partial charge in [-0.05, 0) is 111 Å². The Bertz CT molecular complexity index is 2500. The zero-order chi connectivity index (χ0) is 44.7. The zero-order valence-electron chi connectivity index (χ0n) is 36.8. The summed E-state index contributed by atoms with van der Waals surface area (Å²) in [7, 11) is -4.48. The van der Waals surface area contributed by atoms with Gasteiger partial charge in [0.15, 0.2) is 0 Å². The predicted octanol–water partition coefficient (Wildman–Crippen LogP) is 6.32. The molecule has 0 saturated heterocycles. The second-order valence-electron chi connectivity index (χ2n) is 18.8. The smallest absolute Gasteiger partial charge is 0.393 e. The number of anilines is 2. The van der Waals surface area contributed by atoms with Crippen LogP contribution in [0.4, 0.5) is 11.4 Å². The van der Waals surface area contributed by atoms with Crippen molar-refractivity contribution in [3.8, 4) is 11.4 Å². The molecule has 2 aromatic carbocycles. The van der Waals surface area contributed by atoms with Crippen molar-refractivity contribution in [2.45, 2.75) is 129 Å². The van der Waals surface area contributed by atoms with Gasteiger partial charge in [-0.1, -0.05) is 64.3 Å². The predicted molar refractivity (Wildman–Crippen MR) is 233 cm³/mol. The molecule has 0 aliphatic heterocycles. The molecule has 2 amide bonds. The van der Waals surface area contributed by atoms with E-state index in [9.17, 15) is 32.7 Å². The summed E-state index contributed by atoms with van der Waals surface area (Å²) >= 11 is 0. The molecule has 2 saturated carbocycles.